The number of aryl methyl sites for hydroxylation is 1. The molecule has 0 amide bonds. The number of nitrogens with zero attached hydrogens (tertiary/aromatic N) is 1. The fourth-order valence-corrected chi connectivity index (χ4v) is 2.52. The normalized spacial score (nSPS) is 11.7. The smallest absolute Gasteiger partial charge is 0.379 e. The molecule has 0 aliphatic carbocycles. The van der Waals surface area contributed by atoms with Gasteiger partial charge in [-0.05, 0) is 36.8 Å². The quantitative estimate of drug-likeness (QED) is 0.766. The molecule has 0 aliphatic rings. The molecule has 2 rings (SSSR count). The highest BCUT2D eigenvalue weighted by molar-refractivity contribution is 9.10. The third kappa shape index (κ3) is 4.03. The number of benzene rings is 1. The largest absolute Gasteiger partial charge is 0.418 e. The van der Waals surface area contributed by atoms with Crippen molar-refractivity contribution in [2.75, 3.05) is 5.32 Å². The molecule has 114 valence electrons. The fourth-order valence-electron chi connectivity index (χ4n) is 2.16. The molecule has 0 saturated heterocycles. The second-order valence-corrected chi connectivity index (χ2v) is 5.65. The van der Waals surface area contributed by atoms with Gasteiger partial charge in [0, 0.05) is 28.6 Å². The Bertz CT molecular complexity index is 605. The molecule has 21 heavy (non-hydrogen) atoms. The monoisotopic (exact) mass is 360 g/mol. The second-order valence-electron chi connectivity index (χ2n) is 4.73. The van der Waals surface area contributed by atoms with E-state index in [-0.39, 0.29) is 5.69 Å². The van der Waals surface area contributed by atoms with Crippen LogP contribution in [0.15, 0.2) is 41.0 Å². The van der Waals surface area contributed by atoms with Gasteiger partial charge in [-0.25, -0.2) is 0 Å². The van der Waals surface area contributed by atoms with E-state index >= 15 is 0 Å². The Kier molecular flexibility index (Phi) is 4.98. The summed E-state index contributed by atoms with van der Waals surface area (Å²) in [6, 6.07) is 7.95. The number of anilines is 1. The van der Waals surface area contributed by atoms with E-state index in [0.717, 1.165) is 24.7 Å². The zero-order chi connectivity index (χ0) is 15.5. The molecule has 6 heteroatoms. The molecule has 0 saturated carbocycles. The van der Waals surface area contributed by atoms with Gasteiger partial charge in [0.2, 0.25) is 0 Å². The van der Waals surface area contributed by atoms with Crippen LogP contribution in [0.3, 0.4) is 0 Å². The van der Waals surface area contributed by atoms with Crippen molar-refractivity contribution < 1.29 is 13.2 Å². The summed E-state index contributed by atoms with van der Waals surface area (Å²) in [7, 11) is 0. The van der Waals surface area contributed by atoms with E-state index in [0.29, 0.717) is 11.0 Å². The van der Waals surface area contributed by atoms with E-state index in [2.05, 4.69) is 28.2 Å². The maximum Gasteiger partial charge on any atom is 0.418 e. The first-order chi connectivity index (χ1) is 9.91. The first kappa shape index (κ1) is 15.9. The standard InChI is InChI=1S/C15H16BrF3N2/c1-2-7-21-8-3-4-12(21)10-20-14-6-5-11(16)9-13(14)15(17,18)19/h3-6,8-9,20H,2,7,10H2,1H3. The molecule has 2 nitrogen and oxygen atoms in total. The summed E-state index contributed by atoms with van der Waals surface area (Å²) in [4.78, 5) is 0. The van der Waals surface area contributed by atoms with Gasteiger partial charge in [-0.2, -0.15) is 13.2 Å². The summed E-state index contributed by atoms with van der Waals surface area (Å²) in [6.07, 6.45) is -1.46. The Balaban J connectivity index is 2.18. The molecule has 1 N–H and O–H groups in total. The van der Waals surface area contributed by atoms with Crippen molar-refractivity contribution in [1.29, 1.82) is 0 Å². The lowest BCUT2D eigenvalue weighted by Crippen LogP contribution is -2.12. The van der Waals surface area contributed by atoms with Gasteiger partial charge < -0.3 is 9.88 Å². The summed E-state index contributed by atoms with van der Waals surface area (Å²) in [5.41, 5.74) is 0.397. The zero-order valence-electron chi connectivity index (χ0n) is 11.5. The summed E-state index contributed by atoms with van der Waals surface area (Å²) in [5.74, 6) is 0. The molecule has 0 radical (unpaired) electrons. The topological polar surface area (TPSA) is 17.0 Å². The van der Waals surface area contributed by atoms with Gasteiger partial charge in [-0.1, -0.05) is 22.9 Å². The van der Waals surface area contributed by atoms with Crippen molar-refractivity contribution >= 4 is 21.6 Å². The summed E-state index contributed by atoms with van der Waals surface area (Å²) in [5, 5.41) is 2.89. The van der Waals surface area contributed by atoms with Crippen molar-refractivity contribution in [1.82, 2.24) is 4.57 Å². The Morgan fingerprint density at radius 1 is 1.24 bits per heavy atom. The van der Waals surface area contributed by atoms with Crippen LogP contribution in [0.5, 0.6) is 0 Å². The molecule has 1 aromatic carbocycles. The van der Waals surface area contributed by atoms with Crippen LogP contribution >= 0.6 is 15.9 Å². The number of halogens is 4. The number of hydrogen-bond acceptors (Lipinski definition) is 1. The molecule has 0 atom stereocenters. The van der Waals surface area contributed by atoms with E-state index < -0.39 is 11.7 Å². The summed E-state index contributed by atoms with van der Waals surface area (Å²) < 4.78 is 41.5. The second kappa shape index (κ2) is 6.56. The molecular weight excluding hydrogens is 345 g/mol. The van der Waals surface area contributed by atoms with Crippen LogP contribution < -0.4 is 5.32 Å². The Labute approximate surface area is 130 Å². The van der Waals surface area contributed by atoms with Crippen LogP contribution in [0, 0.1) is 0 Å². The van der Waals surface area contributed by atoms with Crippen LogP contribution in [0.4, 0.5) is 18.9 Å². The van der Waals surface area contributed by atoms with E-state index in [1.165, 1.54) is 6.07 Å². The van der Waals surface area contributed by atoms with Crippen molar-refractivity contribution in [2.24, 2.45) is 0 Å². The van der Waals surface area contributed by atoms with E-state index in [4.69, 9.17) is 0 Å². The number of hydrogen-bond donors (Lipinski definition) is 1. The van der Waals surface area contributed by atoms with Crippen molar-refractivity contribution in [3.05, 3.63) is 52.3 Å². The first-order valence-corrected chi connectivity index (χ1v) is 7.45. The van der Waals surface area contributed by atoms with Crippen LogP contribution in [-0.2, 0) is 19.3 Å². The summed E-state index contributed by atoms with van der Waals surface area (Å²) >= 11 is 3.08. The maximum absolute atomic E-state index is 13.0. The first-order valence-electron chi connectivity index (χ1n) is 6.66. The lowest BCUT2D eigenvalue weighted by atomic mass is 10.1. The number of rotatable bonds is 5. The Hall–Kier alpha value is -1.43. The minimum atomic E-state index is -4.38. The number of aromatic nitrogens is 1. The number of alkyl halides is 3. The predicted octanol–water partition coefficient (Wildman–Crippen LogP) is 5.29. The van der Waals surface area contributed by atoms with Crippen molar-refractivity contribution in [2.45, 2.75) is 32.6 Å². The van der Waals surface area contributed by atoms with Crippen molar-refractivity contribution in [3.8, 4) is 0 Å². The third-order valence-corrected chi connectivity index (χ3v) is 3.63. The minimum absolute atomic E-state index is 0.0925. The molecular formula is C15H16BrF3N2. The van der Waals surface area contributed by atoms with Gasteiger partial charge >= 0.3 is 6.18 Å². The third-order valence-electron chi connectivity index (χ3n) is 3.14. The average molecular weight is 361 g/mol. The lowest BCUT2D eigenvalue weighted by Gasteiger charge is -2.16. The summed E-state index contributed by atoms with van der Waals surface area (Å²) in [6.45, 7) is 3.28. The van der Waals surface area contributed by atoms with Crippen LogP contribution in [0.1, 0.15) is 24.6 Å². The van der Waals surface area contributed by atoms with Gasteiger partial charge in [0.15, 0.2) is 0 Å². The molecule has 1 aromatic heterocycles. The highest BCUT2D eigenvalue weighted by Gasteiger charge is 2.33. The SMILES string of the molecule is CCCn1cccc1CNc1ccc(Br)cc1C(F)(F)F. The highest BCUT2D eigenvalue weighted by atomic mass is 79.9. The van der Waals surface area contributed by atoms with Gasteiger partial charge in [0.1, 0.15) is 0 Å². The Morgan fingerprint density at radius 3 is 2.67 bits per heavy atom. The number of nitrogens with one attached hydrogen (secondary N) is 1. The average Bonchev–Trinajstić information content (AvgIpc) is 2.84. The van der Waals surface area contributed by atoms with E-state index in [1.54, 1.807) is 6.07 Å². The van der Waals surface area contributed by atoms with Gasteiger partial charge in [0.05, 0.1) is 12.1 Å². The molecule has 0 aliphatic heterocycles. The van der Waals surface area contributed by atoms with E-state index in [9.17, 15) is 13.2 Å². The van der Waals surface area contributed by atoms with Gasteiger partial charge in [0.25, 0.3) is 0 Å². The minimum Gasteiger partial charge on any atom is -0.379 e. The molecule has 0 spiro atoms. The predicted molar refractivity (Wildman–Crippen MR) is 81.2 cm³/mol. The molecule has 2 aromatic rings. The lowest BCUT2D eigenvalue weighted by molar-refractivity contribution is -0.137. The Morgan fingerprint density at radius 2 is 2.00 bits per heavy atom. The van der Waals surface area contributed by atoms with Crippen LogP contribution in [0.2, 0.25) is 0 Å². The van der Waals surface area contributed by atoms with Crippen LogP contribution in [-0.4, -0.2) is 4.57 Å². The molecule has 0 bridgehead atoms. The van der Waals surface area contributed by atoms with Gasteiger partial charge in [-0.3, -0.25) is 0 Å². The van der Waals surface area contributed by atoms with E-state index in [1.807, 2.05) is 22.9 Å². The van der Waals surface area contributed by atoms with Crippen molar-refractivity contribution in [3.63, 3.8) is 0 Å². The fraction of sp³-hybridized carbons (Fsp3) is 0.333. The maximum atomic E-state index is 13.0. The molecule has 1 heterocycles. The zero-order valence-corrected chi connectivity index (χ0v) is 13.1. The molecule has 0 fully saturated rings. The molecule has 0 unspecified atom stereocenters. The van der Waals surface area contributed by atoms with Gasteiger partial charge in [-0.15, -0.1) is 0 Å². The van der Waals surface area contributed by atoms with Crippen LogP contribution in [0.25, 0.3) is 0 Å². The highest BCUT2D eigenvalue weighted by Crippen LogP contribution is 2.36.